The Bertz CT molecular complexity index is 1190. The summed E-state index contributed by atoms with van der Waals surface area (Å²) in [6.07, 6.45) is 5.49. The number of hydrogen-bond acceptors (Lipinski definition) is 6. The van der Waals surface area contributed by atoms with Gasteiger partial charge in [-0.05, 0) is 60.3 Å². The molecule has 2 aromatic rings. The van der Waals surface area contributed by atoms with E-state index in [1.54, 1.807) is 32.5 Å². The highest BCUT2D eigenvalue weighted by Crippen LogP contribution is 2.49. The predicted molar refractivity (Wildman–Crippen MR) is 131 cm³/mol. The zero-order valence-corrected chi connectivity index (χ0v) is 20.0. The number of aromatic nitrogens is 1. The van der Waals surface area contributed by atoms with Crippen LogP contribution >= 0.6 is 0 Å². The van der Waals surface area contributed by atoms with Crippen molar-refractivity contribution in [1.82, 2.24) is 9.88 Å². The molecule has 0 bridgehead atoms. The van der Waals surface area contributed by atoms with Crippen molar-refractivity contribution in [3.8, 4) is 5.75 Å². The van der Waals surface area contributed by atoms with Crippen LogP contribution in [0, 0.1) is 17.8 Å². The number of pyridine rings is 1. The van der Waals surface area contributed by atoms with Gasteiger partial charge in [0.05, 0.1) is 36.8 Å². The Morgan fingerprint density at radius 3 is 2.71 bits per heavy atom. The van der Waals surface area contributed by atoms with Crippen molar-refractivity contribution in [3.63, 3.8) is 0 Å². The first-order valence-electron chi connectivity index (χ1n) is 12.0. The maximum Gasteiger partial charge on any atom is 0.233 e. The molecular weight excluding hydrogens is 444 g/mol. The quantitative estimate of drug-likeness (QED) is 0.486. The van der Waals surface area contributed by atoms with Crippen LogP contribution < -0.4 is 0 Å². The number of para-hydroxylation sites is 1. The van der Waals surface area contributed by atoms with Crippen molar-refractivity contribution in [2.75, 3.05) is 27.4 Å². The molecule has 3 aliphatic rings. The van der Waals surface area contributed by atoms with Gasteiger partial charge < -0.3 is 14.6 Å². The van der Waals surface area contributed by atoms with Crippen LogP contribution in [0.1, 0.15) is 30.5 Å². The van der Waals surface area contributed by atoms with Crippen molar-refractivity contribution in [1.29, 1.82) is 0 Å². The first kappa shape index (κ1) is 23.5. The number of carbonyl (C=O) groups is 2. The van der Waals surface area contributed by atoms with Gasteiger partial charge in [-0.2, -0.15) is 0 Å². The number of phenolic OH excluding ortho intramolecular Hbond substituents is 1. The molecule has 5 rings (SSSR count). The summed E-state index contributed by atoms with van der Waals surface area (Å²) in [7, 11) is 3.23. The Kier molecular flexibility index (Phi) is 6.54. The van der Waals surface area contributed by atoms with Crippen molar-refractivity contribution < 1.29 is 24.2 Å². The third-order valence-corrected chi connectivity index (χ3v) is 7.48. The molecule has 2 saturated heterocycles. The predicted octanol–water partition coefficient (Wildman–Crippen LogP) is 3.70. The molecular formula is C28H30N2O5. The fourth-order valence-corrected chi connectivity index (χ4v) is 5.85. The van der Waals surface area contributed by atoms with Crippen LogP contribution in [0.2, 0.25) is 0 Å². The number of likely N-dealkylation sites (tertiary alicyclic amines) is 1. The molecule has 2 amide bonds. The Morgan fingerprint density at radius 1 is 1.17 bits per heavy atom. The van der Waals surface area contributed by atoms with E-state index < -0.39 is 0 Å². The average molecular weight is 475 g/mol. The smallest absolute Gasteiger partial charge is 0.233 e. The van der Waals surface area contributed by atoms with Gasteiger partial charge in [0.2, 0.25) is 11.8 Å². The number of aromatic hydroxyl groups is 1. The van der Waals surface area contributed by atoms with Crippen LogP contribution in [-0.4, -0.2) is 60.3 Å². The normalized spacial score (nSPS) is 26.3. The zero-order chi connectivity index (χ0) is 24.5. The monoisotopic (exact) mass is 474 g/mol. The molecule has 4 atom stereocenters. The number of allylic oxidation sites excluding steroid dienone is 1. The van der Waals surface area contributed by atoms with Crippen molar-refractivity contribution >= 4 is 23.5 Å². The summed E-state index contributed by atoms with van der Waals surface area (Å²) >= 11 is 0. The van der Waals surface area contributed by atoms with Gasteiger partial charge in [-0.1, -0.05) is 24.3 Å². The van der Waals surface area contributed by atoms with E-state index in [1.807, 2.05) is 36.4 Å². The molecule has 1 aromatic carbocycles. The lowest BCUT2D eigenvalue weighted by atomic mass is 9.69. The molecule has 0 unspecified atom stereocenters. The highest BCUT2D eigenvalue weighted by molar-refractivity contribution is 6.05. The Hall–Kier alpha value is -3.29. The molecule has 1 aliphatic carbocycles. The zero-order valence-electron chi connectivity index (χ0n) is 20.0. The van der Waals surface area contributed by atoms with Gasteiger partial charge in [0.1, 0.15) is 5.75 Å². The minimum atomic E-state index is -0.347. The maximum atomic E-state index is 12.9. The second-order valence-corrected chi connectivity index (χ2v) is 9.47. The first-order chi connectivity index (χ1) is 17.0. The fourth-order valence-electron chi connectivity index (χ4n) is 5.85. The van der Waals surface area contributed by atoms with Gasteiger partial charge >= 0.3 is 0 Å². The van der Waals surface area contributed by atoms with E-state index in [1.165, 1.54) is 4.90 Å². The minimum absolute atomic E-state index is 0.0919. The third-order valence-electron chi connectivity index (χ3n) is 7.48. The number of amides is 2. The highest BCUT2D eigenvalue weighted by atomic mass is 16.5. The van der Waals surface area contributed by atoms with E-state index in [0.717, 1.165) is 28.0 Å². The Labute approximate surface area is 205 Å². The standard InChI is InChI=1S/C28H30N2O5/c1-30-27(32)20-14-19(15-34-2)25-21(26(20)28(30)33)16-35-24(25)11-10-17(22-8-5-6-12-29-22)13-18-7-3-4-9-23(18)31/h3-9,12-13,20-21,24,26,31H,10-11,14-16H2,1-2H3/b17-13-/t20-,21+,24-,26-/m1/s1. The van der Waals surface area contributed by atoms with Gasteiger partial charge in [0, 0.05) is 31.8 Å². The van der Waals surface area contributed by atoms with Crippen LogP contribution in [0.15, 0.2) is 59.8 Å². The summed E-state index contributed by atoms with van der Waals surface area (Å²) in [5.74, 6) is -0.740. The van der Waals surface area contributed by atoms with E-state index in [-0.39, 0.29) is 41.4 Å². The van der Waals surface area contributed by atoms with Crippen LogP contribution in [0.3, 0.4) is 0 Å². The molecule has 182 valence electrons. The van der Waals surface area contributed by atoms with Crippen LogP contribution in [0.25, 0.3) is 11.6 Å². The lowest BCUT2D eigenvalue weighted by Gasteiger charge is -2.31. The number of methoxy groups -OCH3 is 1. The topological polar surface area (TPSA) is 89.0 Å². The molecule has 1 N–H and O–H groups in total. The van der Waals surface area contributed by atoms with Gasteiger partial charge in [-0.3, -0.25) is 19.5 Å². The van der Waals surface area contributed by atoms with Gasteiger partial charge in [0.25, 0.3) is 0 Å². The van der Waals surface area contributed by atoms with E-state index in [9.17, 15) is 14.7 Å². The number of fused-ring (bicyclic) bond motifs is 3. The second-order valence-electron chi connectivity index (χ2n) is 9.47. The number of ether oxygens (including phenoxy) is 2. The van der Waals surface area contributed by atoms with Crippen molar-refractivity contribution in [3.05, 3.63) is 71.1 Å². The summed E-state index contributed by atoms with van der Waals surface area (Å²) in [6.45, 7) is 0.865. The van der Waals surface area contributed by atoms with Crippen LogP contribution in [0.5, 0.6) is 5.75 Å². The van der Waals surface area contributed by atoms with Gasteiger partial charge in [-0.15, -0.1) is 0 Å². The maximum absolute atomic E-state index is 12.9. The molecule has 35 heavy (non-hydrogen) atoms. The molecule has 1 aromatic heterocycles. The summed E-state index contributed by atoms with van der Waals surface area (Å²) in [4.78, 5) is 31.4. The lowest BCUT2D eigenvalue weighted by molar-refractivity contribution is -0.138. The van der Waals surface area contributed by atoms with Gasteiger partial charge in [0.15, 0.2) is 0 Å². The number of benzene rings is 1. The number of imide groups is 1. The van der Waals surface area contributed by atoms with Crippen LogP contribution in [-0.2, 0) is 19.1 Å². The van der Waals surface area contributed by atoms with E-state index in [4.69, 9.17) is 9.47 Å². The number of hydrogen-bond donors (Lipinski definition) is 1. The molecule has 7 nitrogen and oxygen atoms in total. The molecule has 3 heterocycles. The number of carbonyl (C=O) groups excluding carboxylic acids is 2. The SMILES string of the molecule is COCC1=C2[C@@H](CC/C(=C/c3ccccc3O)c3ccccn3)OC[C@@H]2[C@@H]2C(=O)N(C)C(=O)[C@@H]2C1. The lowest BCUT2D eigenvalue weighted by Crippen LogP contribution is -2.34. The Balaban J connectivity index is 1.44. The second kappa shape index (κ2) is 9.76. The molecule has 2 aliphatic heterocycles. The van der Waals surface area contributed by atoms with Crippen molar-refractivity contribution in [2.24, 2.45) is 17.8 Å². The number of nitrogens with zero attached hydrogens (tertiary/aromatic N) is 2. The van der Waals surface area contributed by atoms with E-state index in [2.05, 4.69) is 4.98 Å². The largest absolute Gasteiger partial charge is 0.507 e. The average Bonchev–Trinajstić information content (AvgIpc) is 3.39. The number of rotatable bonds is 7. The van der Waals surface area contributed by atoms with Gasteiger partial charge in [-0.25, -0.2) is 0 Å². The van der Waals surface area contributed by atoms with Crippen molar-refractivity contribution in [2.45, 2.75) is 25.4 Å². The summed E-state index contributed by atoms with van der Waals surface area (Å²) in [5.41, 5.74) is 4.79. The first-order valence-corrected chi connectivity index (χ1v) is 12.0. The molecule has 0 radical (unpaired) electrons. The van der Waals surface area contributed by atoms with E-state index in [0.29, 0.717) is 32.5 Å². The molecule has 2 fully saturated rings. The molecule has 0 saturated carbocycles. The summed E-state index contributed by atoms with van der Waals surface area (Å²) < 4.78 is 11.8. The molecule has 0 spiro atoms. The summed E-state index contributed by atoms with van der Waals surface area (Å²) in [6, 6.07) is 13.0. The Morgan fingerprint density at radius 2 is 1.97 bits per heavy atom. The highest BCUT2D eigenvalue weighted by Gasteiger charge is 2.56. The van der Waals surface area contributed by atoms with E-state index >= 15 is 0 Å². The minimum Gasteiger partial charge on any atom is -0.507 e. The molecule has 7 heteroatoms. The third kappa shape index (κ3) is 4.30. The van der Waals surface area contributed by atoms with Crippen LogP contribution in [0.4, 0.5) is 0 Å². The number of phenols is 1. The summed E-state index contributed by atoms with van der Waals surface area (Å²) in [5, 5.41) is 10.3. The fraction of sp³-hybridized carbons (Fsp3) is 0.393.